The van der Waals surface area contributed by atoms with E-state index in [1.54, 1.807) is 14.0 Å². The largest absolute Gasteiger partial charge is 0.431 e. The lowest BCUT2D eigenvalue weighted by Gasteiger charge is -2.23. The zero-order chi connectivity index (χ0) is 27.6. The quantitative estimate of drug-likeness (QED) is 0.154. The first-order chi connectivity index (χ1) is 16.0. The van der Waals surface area contributed by atoms with Gasteiger partial charge in [0.1, 0.15) is 17.8 Å². The molecule has 2 rings (SSSR count). The number of alkyl halides is 3. The van der Waals surface area contributed by atoms with E-state index in [2.05, 4.69) is 29.1 Å². The molecule has 1 aliphatic carbocycles. The Labute approximate surface area is 213 Å². The number of halogens is 5. The molecule has 1 amide bonds. The fourth-order valence-corrected chi connectivity index (χ4v) is 2.75. The number of rotatable bonds is 7. The van der Waals surface area contributed by atoms with Crippen molar-refractivity contribution in [3.63, 3.8) is 0 Å². The van der Waals surface area contributed by atoms with Gasteiger partial charge in [0.2, 0.25) is 5.91 Å². The van der Waals surface area contributed by atoms with Gasteiger partial charge in [0.25, 0.3) is 0 Å². The SMILES string of the molecule is C=C(C)/C=C(\N(C)C(=O)Cc1cc(C)c(Br)cc1F)C(F)(F)F.C=C(C)COC.CC1(C=O)CC1. The van der Waals surface area contributed by atoms with Crippen LogP contribution in [0.25, 0.3) is 0 Å². The maximum atomic E-state index is 13.8. The van der Waals surface area contributed by atoms with Gasteiger partial charge in [-0.2, -0.15) is 13.2 Å². The van der Waals surface area contributed by atoms with E-state index < -0.39 is 30.0 Å². The summed E-state index contributed by atoms with van der Waals surface area (Å²) in [5, 5.41) is 0. The maximum Gasteiger partial charge on any atom is 0.431 e. The Hall–Kier alpha value is -2.26. The van der Waals surface area contributed by atoms with Gasteiger partial charge in [-0.05, 0) is 56.9 Å². The van der Waals surface area contributed by atoms with Gasteiger partial charge >= 0.3 is 6.18 Å². The van der Waals surface area contributed by atoms with Crippen molar-refractivity contribution >= 4 is 28.1 Å². The molecule has 4 nitrogen and oxygen atoms in total. The van der Waals surface area contributed by atoms with Gasteiger partial charge in [-0.1, -0.05) is 53.2 Å². The molecule has 0 aliphatic heterocycles. The van der Waals surface area contributed by atoms with E-state index in [-0.39, 0.29) is 16.6 Å². The molecule has 1 aliphatic rings. The molecule has 0 spiro atoms. The number of carbonyl (C=O) groups excluding carboxylic acids is 2. The van der Waals surface area contributed by atoms with Crippen LogP contribution in [0.4, 0.5) is 17.6 Å². The molecule has 1 aromatic carbocycles. The number of allylic oxidation sites excluding steroid dienone is 3. The van der Waals surface area contributed by atoms with Crippen LogP contribution >= 0.6 is 15.9 Å². The number of amides is 1. The zero-order valence-electron chi connectivity index (χ0n) is 21.1. The topological polar surface area (TPSA) is 46.6 Å². The Balaban J connectivity index is 0.000000781. The molecule has 0 N–H and O–H groups in total. The molecule has 1 fully saturated rings. The number of aryl methyl sites for hydroxylation is 1. The number of nitrogens with zero attached hydrogens (tertiary/aromatic N) is 1. The normalized spacial score (nSPS) is 14.0. The lowest BCUT2D eigenvalue weighted by molar-refractivity contribution is -0.139. The second-order valence-corrected chi connectivity index (χ2v) is 9.71. The van der Waals surface area contributed by atoms with E-state index in [4.69, 9.17) is 4.74 Å². The van der Waals surface area contributed by atoms with Crippen molar-refractivity contribution in [2.24, 2.45) is 5.41 Å². The van der Waals surface area contributed by atoms with Crippen LogP contribution in [-0.4, -0.2) is 44.0 Å². The first-order valence-electron chi connectivity index (χ1n) is 10.7. The lowest BCUT2D eigenvalue weighted by atomic mass is 10.1. The monoisotopic (exact) mass is 563 g/mol. The predicted molar refractivity (Wildman–Crippen MR) is 134 cm³/mol. The van der Waals surface area contributed by atoms with Crippen LogP contribution in [0.15, 0.2) is 52.7 Å². The van der Waals surface area contributed by atoms with E-state index >= 15 is 0 Å². The Morgan fingerprint density at radius 2 is 1.80 bits per heavy atom. The van der Waals surface area contributed by atoms with Crippen molar-refractivity contribution in [2.45, 2.75) is 53.1 Å². The van der Waals surface area contributed by atoms with Crippen LogP contribution in [0, 0.1) is 18.2 Å². The fraction of sp³-hybridized carbons (Fsp3) is 0.462. The second-order valence-electron chi connectivity index (χ2n) is 8.86. The minimum atomic E-state index is -4.71. The summed E-state index contributed by atoms with van der Waals surface area (Å²) in [7, 11) is 2.67. The Kier molecular flexibility index (Phi) is 13.4. The summed E-state index contributed by atoms with van der Waals surface area (Å²) in [5.41, 5.74) is 0.925. The second kappa shape index (κ2) is 14.3. The highest BCUT2D eigenvalue weighted by atomic mass is 79.9. The van der Waals surface area contributed by atoms with Crippen molar-refractivity contribution in [3.05, 3.63) is 69.6 Å². The number of hydrogen-bond acceptors (Lipinski definition) is 3. The Morgan fingerprint density at radius 1 is 1.26 bits per heavy atom. The summed E-state index contributed by atoms with van der Waals surface area (Å²) in [6.07, 6.45) is -1.14. The van der Waals surface area contributed by atoms with Gasteiger partial charge in [-0.3, -0.25) is 4.79 Å². The smallest absolute Gasteiger partial charge is 0.380 e. The number of ether oxygens (including phenoxy) is 1. The minimum absolute atomic E-state index is 0.0411. The molecule has 1 saturated carbocycles. The molecular weight excluding hydrogens is 530 g/mol. The number of methoxy groups -OCH3 is 1. The minimum Gasteiger partial charge on any atom is -0.380 e. The van der Waals surface area contributed by atoms with Crippen molar-refractivity contribution in [1.82, 2.24) is 4.90 Å². The third kappa shape index (κ3) is 12.9. The van der Waals surface area contributed by atoms with E-state index in [1.807, 2.05) is 13.8 Å². The van der Waals surface area contributed by atoms with Crippen LogP contribution in [-0.2, 0) is 20.7 Å². The fourth-order valence-electron chi connectivity index (χ4n) is 2.43. The maximum absolute atomic E-state index is 13.8. The van der Waals surface area contributed by atoms with Crippen molar-refractivity contribution < 1.29 is 31.9 Å². The van der Waals surface area contributed by atoms with Crippen molar-refractivity contribution in [1.29, 1.82) is 0 Å². The number of benzene rings is 1. The van der Waals surface area contributed by atoms with Crippen LogP contribution in [0.3, 0.4) is 0 Å². The molecule has 0 atom stereocenters. The highest BCUT2D eigenvalue weighted by Gasteiger charge is 2.38. The van der Waals surface area contributed by atoms with Gasteiger partial charge in [0.05, 0.1) is 13.0 Å². The van der Waals surface area contributed by atoms with E-state index in [1.165, 1.54) is 19.1 Å². The molecule has 0 unspecified atom stereocenters. The Bertz CT molecular complexity index is 951. The van der Waals surface area contributed by atoms with Crippen LogP contribution < -0.4 is 0 Å². The highest BCUT2D eigenvalue weighted by molar-refractivity contribution is 9.10. The number of hydrogen-bond donors (Lipinski definition) is 0. The molecule has 35 heavy (non-hydrogen) atoms. The van der Waals surface area contributed by atoms with Crippen molar-refractivity contribution in [3.8, 4) is 0 Å². The summed E-state index contributed by atoms with van der Waals surface area (Å²) >= 11 is 3.15. The molecule has 0 radical (unpaired) electrons. The predicted octanol–water partition coefficient (Wildman–Crippen LogP) is 7.11. The summed E-state index contributed by atoms with van der Waals surface area (Å²) in [5.74, 6) is -1.52. The average molecular weight is 564 g/mol. The van der Waals surface area contributed by atoms with Crippen LogP contribution in [0.1, 0.15) is 44.7 Å². The molecule has 196 valence electrons. The van der Waals surface area contributed by atoms with Gasteiger partial charge in [-0.15, -0.1) is 0 Å². The van der Waals surface area contributed by atoms with E-state index in [9.17, 15) is 27.2 Å². The molecule has 0 bridgehead atoms. The summed E-state index contributed by atoms with van der Waals surface area (Å²) < 4.78 is 58.2. The number of aldehydes is 1. The van der Waals surface area contributed by atoms with Gasteiger partial charge < -0.3 is 14.4 Å². The van der Waals surface area contributed by atoms with Crippen LogP contribution in [0.2, 0.25) is 0 Å². The van der Waals surface area contributed by atoms with Crippen LogP contribution in [0.5, 0.6) is 0 Å². The standard InChI is InChI=1S/C16H16BrF4NO.C5H8O.C5H10O/c1-9(2)5-14(16(19,20)21)22(4)15(23)7-11-6-10(3)12(17)8-13(11)18;1-5(4-6)2-3-5;1-5(2)4-6-3/h5-6,8H,1,7H2,2-4H3;4H,2-3H2,1H3;1,4H2,2-3H3/b14-5-;;. The first kappa shape index (κ1) is 32.7. The number of carbonyl (C=O) groups is 2. The van der Waals surface area contributed by atoms with Crippen molar-refractivity contribution in [2.75, 3.05) is 20.8 Å². The van der Waals surface area contributed by atoms with E-state index in [0.717, 1.165) is 37.8 Å². The molecule has 1 aromatic rings. The van der Waals surface area contributed by atoms with Gasteiger partial charge in [-0.25, -0.2) is 4.39 Å². The summed E-state index contributed by atoms with van der Waals surface area (Å²) in [6, 6.07) is 2.62. The summed E-state index contributed by atoms with van der Waals surface area (Å²) in [6.45, 7) is 14.7. The molecular formula is C26H34BrF4NO3. The molecule has 0 heterocycles. The molecule has 0 saturated heterocycles. The lowest BCUT2D eigenvalue weighted by Crippen LogP contribution is -2.35. The Morgan fingerprint density at radius 3 is 2.11 bits per heavy atom. The third-order valence-electron chi connectivity index (χ3n) is 4.79. The third-order valence-corrected chi connectivity index (χ3v) is 5.65. The first-order valence-corrected chi connectivity index (χ1v) is 11.5. The van der Waals surface area contributed by atoms with E-state index in [0.29, 0.717) is 21.5 Å². The van der Waals surface area contributed by atoms with Gasteiger partial charge in [0, 0.05) is 24.0 Å². The zero-order valence-corrected chi connectivity index (χ0v) is 22.7. The highest BCUT2D eigenvalue weighted by Crippen LogP contribution is 2.42. The molecule has 0 aromatic heterocycles. The summed E-state index contributed by atoms with van der Waals surface area (Å²) in [4.78, 5) is 22.5. The van der Waals surface area contributed by atoms with Gasteiger partial charge in [0.15, 0.2) is 0 Å². The number of likely N-dealkylation sites (N-methyl/N-ethyl adjacent to an activating group) is 1. The molecule has 9 heteroatoms. The average Bonchev–Trinajstić information content (AvgIpc) is 3.47.